The number of carbonyl (C=O) groups is 1. The number of aromatic nitrogens is 3. The Balaban J connectivity index is 1.79. The van der Waals surface area contributed by atoms with Gasteiger partial charge < -0.3 is 9.47 Å². The average molecular weight is 370 g/mol. The van der Waals surface area contributed by atoms with E-state index in [-0.39, 0.29) is 17.1 Å². The summed E-state index contributed by atoms with van der Waals surface area (Å²) in [5.41, 5.74) is 1.96. The molecule has 1 aromatic carbocycles. The number of hydrogen-bond acceptors (Lipinski definition) is 4. The van der Waals surface area contributed by atoms with E-state index in [0.29, 0.717) is 0 Å². The van der Waals surface area contributed by atoms with Crippen molar-refractivity contribution in [3.63, 3.8) is 0 Å². The molecule has 0 fully saturated rings. The third kappa shape index (κ3) is 3.24. The van der Waals surface area contributed by atoms with E-state index in [1.165, 1.54) is 7.05 Å². The first-order valence-electron chi connectivity index (χ1n) is 7.74. The van der Waals surface area contributed by atoms with Crippen molar-refractivity contribution in [2.75, 3.05) is 4.90 Å². The molecule has 2 aromatic rings. The van der Waals surface area contributed by atoms with E-state index >= 15 is 0 Å². The van der Waals surface area contributed by atoms with Gasteiger partial charge in [0.25, 0.3) is 0 Å². The summed E-state index contributed by atoms with van der Waals surface area (Å²) >= 11 is 0.977. The summed E-state index contributed by atoms with van der Waals surface area (Å²) in [5, 5.41) is 6.25. The first-order valence-corrected chi connectivity index (χ1v) is 8.62. The monoisotopic (exact) mass is 370 g/mol. The second-order valence-corrected chi connectivity index (χ2v) is 7.32. The molecule has 0 radical (unpaired) electrons. The number of rotatable bonds is 3. The van der Waals surface area contributed by atoms with Gasteiger partial charge in [-0.15, -0.1) is 10.2 Å². The molecule has 0 bridgehead atoms. The molecule has 1 aliphatic rings. The highest BCUT2D eigenvalue weighted by Crippen LogP contribution is 2.35. The largest absolute Gasteiger partial charge is 0.451 e. The van der Waals surface area contributed by atoms with Gasteiger partial charge >= 0.3 is 6.18 Å². The highest BCUT2D eigenvalue weighted by Gasteiger charge is 2.39. The van der Waals surface area contributed by atoms with Crippen LogP contribution in [0.25, 0.3) is 0 Å². The summed E-state index contributed by atoms with van der Waals surface area (Å²) in [6.45, 7) is 3.63. The van der Waals surface area contributed by atoms with Gasteiger partial charge in [0.1, 0.15) is 0 Å². The fourth-order valence-corrected chi connectivity index (χ4v) is 3.83. The molecule has 25 heavy (non-hydrogen) atoms. The molecule has 2 unspecified atom stereocenters. The molecule has 0 aliphatic carbocycles. The van der Waals surface area contributed by atoms with Gasteiger partial charge in [0.05, 0.1) is 5.25 Å². The number of alkyl halides is 3. The van der Waals surface area contributed by atoms with E-state index in [4.69, 9.17) is 0 Å². The Morgan fingerprint density at radius 2 is 2.00 bits per heavy atom. The lowest BCUT2D eigenvalue weighted by molar-refractivity contribution is -0.147. The Morgan fingerprint density at radius 1 is 1.32 bits per heavy atom. The minimum atomic E-state index is -4.57. The molecule has 134 valence electrons. The molecule has 2 heterocycles. The Hall–Kier alpha value is -2.03. The predicted octanol–water partition coefficient (Wildman–Crippen LogP) is 3.29. The smallest absolute Gasteiger partial charge is 0.308 e. The maximum atomic E-state index is 12.9. The maximum Gasteiger partial charge on any atom is 0.451 e. The molecular weight excluding hydrogens is 353 g/mol. The van der Waals surface area contributed by atoms with Crippen LogP contribution in [-0.2, 0) is 24.4 Å². The molecule has 1 aromatic heterocycles. The van der Waals surface area contributed by atoms with Crippen LogP contribution in [-0.4, -0.2) is 32.0 Å². The Labute approximate surface area is 147 Å². The molecule has 9 heteroatoms. The topological polar surface area (TPSA) is 51.0 Å². The van der Waals surface area contributed by atoms with Crippen molar-refractivity contribution in [2.45, 2.75) is 42.9 Å². The first kappa shape index (κ1) is 17.8. The Kier molecular flexibility index (Phi) is 4.52. The quantitative estimate of drug-likeness (QED) is 0.778. The number of thioether (sulfide) groups is 1. The van der Waals surface area contributed by atoms with Crippen LogP contribution < -0.4 is 4.90 Å². The van der Waals surface area contributed by atoms with Crippen LogP contribution in [0.15, 0.2) is 29.4 Å². The van der Waals surface area contributed by atoms with Crippen LogP contribution in [0, 0.1) is 0 Å². The van der Waals surface area contributed by atoms with Crippen molar-refractivity contribution < 1.29 is 18.0 Å². The fraction of sp³-hybridized carbons (Fsp3) is 0.438. The molecule has 0 saturated heterocycles. The number of carbonyl (C=O) groups excluding carboxylic acids is 1. The fourth-order valence-electron chi connectivity index (χ4n) is 2.97. The van der Waals surface area contributed by atoms with Gasteiger partial charge in [-0.1, -0.05) is 30.0 Å². The number of para-hydroxylation sites is 1. The van der Waals surface area contributed by atoms with Crippen LogP contribution in [0.1, 0.15) is 25.2 Å². The van der Waals surface area contributed by atoms with Crippen LogP contribution >= 0.6 is 11.8 Å². The number of amides is 1. The van der Waals surface area contributed by atoms with Gasteiger partial charge in [-0.3, -0.25) is 4.79 Å². The normalized spacial score (nSPS) is 18.3. The molecular formula is C16H17F3N4OS. The summed E-state index contributed by atoms with van der Waals surface area (Å²) < 4.78 is 39.3. The first-order chi connectivity index (χ1) is 11.7. The standard InChI is InChI=1S/C16H17F3N4OS/c1-9-8-11-6-4-5-7-12(11)23(9)13(24)10(2)25-15-21-20-14(22(15)3)16(17,18)19/h4-7,9-10H,8H2,1-3H3. The van der Waals surface area contributed by atoms with E-state index in [1.807, 2.05) is 31.2 Å². The molecule has 3 rings (SSSR count). The lowest BCUT2D eigenvalue weighted by Gasteiger charge is -2.25. The zero-order valence-corrected chi connectivity index (χ0v) is 14.7. The summed E-state index contributed by atoms with van der Waals surface area (Å²) in [4.78, 5) is 14.6. The maximum absolute atomic E-state index is 12.9. The molecule has 1 amide bonds. The molecule has 1 aliphatic heterocycles. The number of fused-ring (bicyclic) bond motifs is 1. The number of halogens is 3. The average Bonchev–Trinajstić information content (AvgIpc) is 3.06. The van der Waals surface area contributed by atoms with Gasteiger partial charge in [-0.25, -0.2) is 0 Å². The van der Waals surface area contributed by atoms with Gasteiger partial charge in [0.15, 0.2) is 5.16 Å². The highest BCUT2D eigenvalue weighted by atomic mass is 32.2. The van der Waals surface area contributed by atoms with Gasteiger partial charge in [0.2, 0.25) is 11.7 Å². The number of benzene rings is 1. The van der Waals surface area contributed by atoms with E-state index in [9.17, 15) is 18.0 Å². The van der Waals surface area contributed by atoms with Crippen molar-refractivity contribution in [1.82, 2.24) is 14.8 Å². The van der Waals surface area contributed by atoms with E-state index < -0.39 is 17.3 Å². The predicted molar refractivity (Wildman–Crippen MR) is 88.4 cm³/mol. The number of nitrogens with zero attached hydrogens (tertiary/aromatic N) is 4. The number of hydrogen-bond donors (Lipinski definition) is 0. The summed E-state index contributed by atoms with van der Waals surface area (Å²) in [7, 11) is 1.25. The van der Waals surface area contributed by atoms with Crippen molar-refractivity contribution in [3.8, 4) is 0 Å². The second-order valence-electron chi connectivity index (χ2n) is 6.01. The molecule has 5 nitrogen and oxygen atoms in total. The third-order valence-corrected chi connectivity index (χ3v) is 5.28. The lowest BCUT2D eigenvalue weighted by Crippen LogP contribution is -2.40. The van der Waals surface area contributed by atoms with Crippen LogP contribution in [0.2, 0.25) is 0 Å². The van der Waals surface area contributed by atoms with Crippen LogP contribution in [0.4, 0.5) is 18.9 Å². The van der Waals surface area contributed by atoms with Crippen molar-refractivity contribution in [3.05, 3.63) is 35.7 Å². The zero-order valence-electron chi connectivity index (χ0n) is 13.9. The summed E-state index contributed by atoms with van der Waals surface area (Å²) in [5.74, 6) is -1.23. The second kappa shape index (κ2) is 6.36. The number of anilines is 1. The van der Waals surface area contributed by atoms with E-state index in [2.05, 4.69) is 10.2 Å². The van der Waals surface area contributed by atoms with Gasteiger partial charge in [0, 0.05) is 18.8 Å². The minimum absolute atomic E-state index is 0.0122. The Bertz CT molecular complexity index is 805. The van der Waals surface area contributed by atoms with Gasteiger partial charge in [-0.05, 0) is 31.9 Å². The molecule has 2 atom stereocenters. The Morgan fingerprint density at radius 3 is 2.64 bits per heavy atom. The molecule has 0 spiro atoms. The van der Waals surface area contributed by atoms with E-state index in [0.717, 1.165) is 34.0 Å². The van der Waals surface area contributed by atoms with Crippen LogP contribution in [0.3, 0.4) is 0 Å². The summed E-state index contributed by atoms with van der Waals surface area (Å²) in [6.07, 6.45) is -3.81. The summed E-state index contributed by atoms with van der Waals surface area (Å²) in [6, 6.07) is 7.68. The van der Waals surface area contributed by atoms with Gasteiger partial charge in [-0.2, -0.15) is 13.2 Å². The van der Waals surface area contributed by atoms with Crippen LogP contribution in [0.5, 0.6) is 0 Å². The minimum Gasteiger partial charge on any atom is -0.308 e. The highest BCUT2D eigenvalue weighted by molar-refractivity contribution is 8.00. The van der Waals surface area contributed by atoms with Crippen molar-refractivity contribution >= 4 is 23.4 Å². The van der Waals surface area contributed by atoms with Crippen molar-refractivity contribution in [1.29, 1.82) is 0 Å². The zero-order chi connectivity index (χ0) is 18.4. The lowest BCUT2D eigenvalue weighted by atomic mass is 10.1. The molecule has 0 saturated carbocycles. The third-order valence-electron chi connectivity index (χ3n) is 4.16. The van der Waals surface area contributed by atoms with Crippen molar-refractivity contribution in [2.24, 2.45) is 7.05 Å². The SMILES string of the molecule is CC(Sc1nnc(C(F)(F)F)n1C)C(=O)N1c2ccccc2CC1C. The van der Waals surface area contributed by atoms with E-state index in [1.54, 1.807) is 11.8 Å². The molecule has 0 N–H and O–H groups in total.